The molecule has 2 atom stereocenters. The predicted molar refractivity (Wildman–Crippen MR) is 120 cm³/mol. The summed E-state index contributed by atoms with van der Waals surface area (Å²) in [6.45, 7) is 1.24. The number of ether oxygens (including phenoxy) is 1. The third kappa shape index (κ3) is 4.93. The number of benzene rings is 2. The van der Waals surface area contributed by atoms with E-state index in [-0.39, 0.29) is 18.0 Å². The molecule has 1 aliphatic rings. The van der Waals surface area contributed by atoms with Gasteiger partial charge in [-0.3, -0.25) is 14.4 Å². The first-order valence-corrected chi connectivity index (χ1v) is 11.0. The van der Waals surface area contributed by atoms with Crippen molar-refractivity contribution < 1.29 is 27.9 Å². The third-order valence-electron chi connectivity index (χ3n) is 5.32. The molecule has 0 spiro atoms. The monoisotopic (exact) mass is 470 g/mol. The van der Waals surface area contributed by atoms with Crippen LogP contribution in [-0.2, 0) is 19.1 Å². The van der Waals surface area contributed by atoms with Crippen LogP contribution in [0, 0.1) is 24.5 Å². The molecular formula is C24H20F2N2O4S. The standard InChI is InChI=1S/C24H20F2N2O4S/c1-14-4-7-16(8-5-14)28-22(30)12-17(23(28)20-3-2-10-33-20)24(31)32-13-21(29)27-19-11-15(25)6-9-18(19)26/h2-11,17,23H,12-13H2,1H3,(H,27,29). The van der Waals surface area contributed by atoms with E-state index in [1.54, 1.807) is 4.90 Å². The molecule has 4 rings (SSSR count). The zero-order valence-corrected chi connectivity index (χ0v) is 18.4. The van der Waals surface area contributed by atoms with Crippen molar-refractivity contribution in [3.05, 3.63) is 82.1 Å². The second-order valence-electron chi connectivity index (χ2n) is 7.65. The van der Waals surface area contributed by atoms with Crippen LogP contribution in [0.4, 0.5) is 20.2 Å². The van der Waals surface area contributed by atoms with Crippen LogP contribution in [0.25, 0.3) is 0 Å². The van der Waals surface area contributed by atoms with Crippen molar-refractivity contribution in [1.82, 2.24) is 0 Å². The van der Waals surface area contributed by atoms with Gasteiger partial charge in [0.25, 0.3) is 5.91 Å². The molecule has 2 amide bonds. The maximum atomic E-state index is 13.7. The van der Waals surface area contributed by atoms with Gasteiger partial charge in [0, 0.05) is 23.1 Å². The van der Waals surface area contributed by atoms with Crippen LogP contribution in [0.1, 0.15) is 22.9 Å². The Morgan fingerprint density at radius 2 is 1.91 bits per heavy atom. The van der Waals surface area contributed by atoms with Gasteiger partial charge < -0.3 is 15.0 Å². The molecule has 1 aliphatic heterocycles. The van der Waals surface area contributed by atoms with Gasteiger partial charge in [-0.05, 0) is 42.6 Å². The van der Waals surface area contributed by atoms with Crippen molar-refractivity contribution in [3.8, 4) is 0 Å². The summed E-state index contributed by atoms with van der Waals surface area (Å²) >= 11 is 1.42. The van der Waals surface area contributed by atoms with Crippen molar-refractivity contribution in [2.24, 2.45) is 5.92 Å². The normalized spacial score (nSPS) is 17.8. The number of rotatable bonds is 6. The van der Waals surface area contributed by atoms with Gasteiger partial charge in [0.2, 0.25) is 5.91 Å². The number of hydrogen-bond donors (Lipinski definition) is 1. The molecule has 0 saturated carbocycles. The van der Waals surface area contributed by atoms with Gasteiger partial charge >= 0.3 is 5.97 Å². The summed E-state index contributed by atoms with van der Waals surface area (Å²) in [5.74, 6) is -4.12. The second-order valence-corrected chi connectivity index (χ2v) is 8.63. The second kappa shape index (κ2) is 9.50. The lowest BCUT2D eigenvalue weighted by Gasteiger charge is -2.27. The van der Waals surface area contributed by atoms with Crippen LogP contribution in [-0.4, -0.2) is 24.4 Å². The first kappa shape index (κ1) is 22.6. The van der Waals surface area contributed by atoms with Crippen LogP contribution < -0.4 is 10.2 Å². The van der Waals surface area contributed by atoms with E-state index in [0.29, 0.717) is 5.69 Å². The molecule has 1 aromatic heterocycles. The lowest BCUT2D eigenvalue weighted by Crippen LogP contribution is -2.31. The van der Waals surface area contributed by atoms with Crippen LogP contribution in [0.2, 0.25) is 0 Å². The SMILES string of the molecule is Cc1ccc(N2C(=O)CC(C(=O)OCC(=O)Nc3cc(F)ccc3F)C2c2cccs2)cc1. The minimum absolute atomic E-state index is 0.0740. The lowest BCUT2D eigenvalue weighted by atomic mass is 9.99. The van der Waals surface area contributed by atoms with Gasteiger partial charge in [0.15, 0.2) is 6.61 Å². The third-order valence-corrected chi connectivity index (χ3v) is 6.26. The number of carbonyl (C=O) groups is 3. The van der Waals surface area contributed by atoms with E-state index in [2.05, 4.69) is 5.32 Å². The molecule has 170 valence electrons. The molecule has 0 radical (unpaired) electrons. The summed E-state index contributed by atoms with van der Waals surface area (Å²) in [6, 6.07) is 13.2. The van der Waals surface area contributed by atoms with E-state index >= 15 is 0 Å². The van der Waals surface area contributed by atoms with Gasteiger partial charge in [-0.15, -0.1) is 11.3 Å². The fraction of sp³-hybridized carbons (Fsp3) is 0.208. The number of anilines is 2. The van der Waals surface area contributed by atoms with Crippen molar-refractivity contribution >= 4 is 40.5 Å². The highest BCUT2D eigenvalue weighted by molar-refractivity contribution is 7.10. The average molecular weight is 470 g/mol. The highest BCUT2D eigenvalue weighted by atomic mass is 32.1. The minimum atomic E-state index is -0.823. The number of hydrogen-bond acceptors (Lipinski definition) is 5. The summed E-state index contributed by atoms with van der Waals surface area (Å²) in [7, 11) is 0. The van der Waals surface area contributed by atoms with E-state index < -0.39 is 42.1 Å². The minimum Gasteiger partial charge on any atom is -0.455 e. The Bertz CT molecular complexity index is 1180. The number of halogens is 2. The number of nitrogens with one attached hydrogen (secondary N) is 1. The van der Waals surface area contributed by atoms with Gasteiger partial charge in [-0.25, -0.2) is 8.78 Å². The van der Waals surface area contributed by atoms with E-state index in [4.69, 9.17) is 4.74 Å². The molecule has 1 N–H and O–H groups in total. The van der Waals surface area contributed by atoms with E-state index in [1.807, 2.05) is 48.7 Å². The van der Waals surface area contributed by atoms with Crippen molar-refractivity contribution in [1.29, 1.82) is 0 Å². The predicted octanol–water partition coefficient (Wildman–Crippen LogP) is 4.61. The molecule has 2 heterocycles. The summed E-state index contributed by atoms with van der Waals surface area (Å²) in [5.41, 5.74) is 1.35. The summed E-state index contributed by atoms with van der Waals surface area (Å²) in [5, 5.41) is 4.03. The molecule has 6 nitrogen and oxygen atoms in total. The number of nitrogens with zero attached hydrogens (tertiary/aromatic N) is 1. The van der Waals surface area contributed by atoms with Gasteiger partial charge in [-0.1, -0.05) is 23.8 Å². The molecule has 2 unspecified atom stereocenters. The summed E-state index contributed by atoms with van der Waals surface area (Å²) < 4.78 is 32.2. The maximum Gasteiger partial charge on any atom is 0.312 e. The number of thiophene rings is 1. The number of esters is 1. The topological polar surface area (TPSA) is 75.7 Å². The molecule has 1 saturated heterocycles. The molecule has 9 heteroatoms. The Labute approximate surface area is 192 Å². The lowest BCUT2D eigenvalue weighted by molar-refractivity contribution is -0.152. The van der Waals surface area contributed by atoms with Crippen LogP contribution in [0.15, 0.2) is 60.0 Å². The highest BCUT2D eigenvalue weighted by Gasteiger charge is 2.46. The fourth-order valence-electron chi connectivity index (χ4n) is 3.76. The molecule has 3 aromatic rings. The van der Waals surface area contributed by atoms with Crippen molar-refractivity contribution in [2.45, 2.75) is 19.4 Å². The molecular weight excluding hydrogens is 450 g/mol. The van der Waals surface area contributed by atoms with E-state index in [0.717, 1.165) is 28.6 Å². The first-order chi connectivity index (χ1) is 15.8. The van der Waals surface area contributed by atoms with Gasteiger partial charge in [0.05, 0.1) is 17.6 Å². The highest BCUT2D eigenvalue weighted by Crippen LogP contribution is 2.43. The number of aryl methyl sites for hydroxylation is 1. The fourth-order valence-corrected chi connectivity index (χ4v) is 4.64. The zero-order chi connectivity index (χ0) is 23.5. The molecule has 0 bridgehead atoms. The van der Waals surface area contributed by atoms with Crippen LogP contribution >= 0.6 is 11.3 Å². The Kier molecular flexibility index (Phi) is 6.50. The van der Waals surface area contributed by atoms with Crippen molar-refractivity contribution in [2.75, 3.05) is 16.8 Å². The molecule has 1 fully saturated rings. The number of carbonyl (C=O) groups excluding carboxylic acids is 3. The van der Waals surface area contributed by atoms with Crippen LogP contribution in [0.5, 0.6) is 0 Å². The smallest absolute Gasteiger partial charge is 0.312 e. The summed E-state index contributed by atoms with van der Waals surface area (Å²) in [6.07, 6.45) is -0.0740. The summed E-state index contributed by atoms with van der Waals surface area (Å²) in [4.78, 5) is 40.3. The van der Waals surface area contributed by atoms with Crippen molar-refractivity contribution in [3.63, 3.8) is 0 Å². The van der Waals surface area contributed by atoms with Gasteiger partial charge in [-0.2, -0.15) is 0 Å². The maximum absolute atomic E-state index is 13.7. The Morgan fingerprint density at radius 3 is 2.61 bits per heavy atom. The average Bonchev–Trinajstić information content (AvgIpc) is 3.43. The molecule has 2 aromatic carbocycles. The van der Waals surface area contributed by atoms with Gasteiger partial charge in [0.1, 0.15) is 11.6 Å². The first-order valence-electron chi connectivity index (χ1n) is 10.2. The zero-order valence-electron chi connectivity index (χ0n) is 17.6. The molecule has 0 aliphatic carbocycles. The Balaban J connectivity index is 1.49. The Hall–Kier alpha value is -3.59. The van der Waals surface area contributed by atoms with E-state index in [1.165, 1.54) is 11.3 Å². The molecule has 33 heavy (non-hydrogen) atoms. The Morgan fingerprint density at radius 1 is 1.15 bits per heavy atom. The van der Waals surface area contributed by atoms with E-state index in [9.17, 15) is 23.2 Å². The number of amides is 2. The largest absolute Gasteiger partial charge is 0.455 e. The van der Waals surface area contributed by atoms with Crippen LogP contribution in [0.3, 0.4) is 0 Å². The quantitative estimate of drug-likeness (QED) is 0.534.